The molecule has 0 unspecified atom stereocenters. The third-order valence-electron chi connectivity index (χ3n) is 3.55. The van der Waals surface area contributed by atoms with Crippen molar-refractivity contribution in [2.45, 2.75) is 74.4 Å². The van der Waals surface area contributed by atoms with E-state index in [0.29, 0.717) is 1.75 Å². The molecule has 3 heteroatoms. The molecule has 0 atom stereocenters. The molecule has 0 saturated heterocycles. The Bertz CT molecular complexity index is 138. The average Bonchev–Trinajstić information content (AvgIpc) is 2.28. The van der Waals surface area contributed by atoms with Crippen LogP contribution < -0.4 is 0 Å². The van der Waals surface area contributed by atoms with Gasteiger partial charge in [0, 0.05) is 0 Å². The Morgan fingerprint density at radius 2 is 1.06 bits per heavy atom. The Balaban J connectivity index is 4.46. The molecule has 0 spiro atoms. The summed E-state index contributed by atoms with van der Waals surface area (Å²) in [6.07, 6.45) is 8.46. The summed E-state index contributed by atoms with van der Waals surface area (Å²) in [6, 6.07) is 0. The molecule has 0 aromatic heterocycles. The molecule has 0 saturated carbocycles. The summed E-state index contributed by atoms with van der Waals surface area (Å²) < 4.78 is 5.42. The molecule has 0 fully saturated rings. The Morgan fingerprint density at radius 3 is 1.25 bits per heavy atom. The van der Waals surface area contributed by atoms with Gasteiger partial charge in [-0.25, -0.2) is 0 Å². The molecule has 0 N–H and O–H groups in total. The molecule has 0 nitrogen and oxygen atoms in total. The number of hydrogen-bond acceptors (Lipinski definition) is 0. The molecule has 0 aromatic carbocycles. The van der Waals surface area contributed by atoms with E-state index in [2.05, 4.69) is 52.6 Å². The Hall–Kier alpha value is 1.76. The topological polar surface area (TPSA) is 0 Å². The van der Waals surface area contributed by atoms with E-state index >= 15 is 0 Å². The Morgan fingerprint density at radius 1 is 0.750 bits per heavy atom. The second-order valence-electron chi connectivity index (χ2n) is 4.97. The first-order chi connectivity index (χ1) is 7.63. The van der Waals surface area contributed by atoms with Crippen molar-refractivity contribution < 1.29 is 0 Å². The second kappa shape index (κ2) is 10.7. The molecule has 16 heavy (non-hydrogen) atoms. The van der Waals surface area contributed by atoms with Crippen LogP contribution >= 0.6 is 31.9 Å². The van der Waals surface area contributed by atoms with Gasteiger partial charge in [-0.2, -0.15) is 0 Å². The molecule has 0 amide bonds. The molecule has 0 aliphatic rings. The minimum absolute atomic E-state index is 0.693. The van der Waals surface area contributed by atoms with E-state index in [9.17, 15) is 0 Å². The second-order valence-corrected chi connectivity index (χ2v) is 26.6. The van der Waals surface area contributed by atoms with Gasteiger partial charge in [0.25, 0.3) is 0 Å². The number of hydrogen-bond donors (Lipinski definition) is 0. The van der Waals surface area contributed by atoms with Crippen LogP contribution in [0, 0.1) is 0 Å². The quantitative estimate of drug-likeness (QED) is 0.257. The zero-order valence-electron chi connectivity index (χ0n) is 11.2. The van der Waals surface area contributed by atoms with Gasteiger partial charge in [0.1, 0.15) is 0 Å². The van der Waals surface area contributed by atoms with Gasteiger partial charge in [-0.1, -0.05) is 0 Å². The fraction of sp³-hybridized carbons (Fsp3) is 1.00. The van der Waals surface area contributed by atoms with Gasteiger partial charge in [-0.3, -0.25) is 0 Å². The van der Waals surface area contributed by atoms with Gasteiger partial charge >= 0.3 is 125 Å². The van der Waals surface area contributed by atoms with Crippen molar-refractivity contribution in [3.63, 3.8) is 0 Å². The predicted molar refractivity (Wildman–Crippen MR) is 86.5 cm³/mol. The van der Waals surface area contributed by atoms with Gasteiger partial charge in [0.15, 0.2) is 0 Å². The van der Waals surface area contributed by atoms with Crippen molar-refractivity contribution in [3.8, 4) is 0 Å². The number of halogens is 2. The molecule has 0 aliphatic heterocycles. The summed E-state index contributed by atoms with van der Waals surface area (Å²) in [5.41, 5.74) is 0. The van der Waals surface area contributed by atoms with Crippen LogP contribution in [0.4, 0.5) is 0 Å². The molecule has 0 aliphatic carbocycles. The summed E-state index contributed by atoms with van der Waals surface area (Å²) in [4.78, 5) is 0. The van der Waals surface area contributed by atoms with E-state index in [1.807, 2.05) is 0 Å². The van der Waals surface area contributed by atoms with E-state index in [1.54, 1.807) is 13.3 Å². The molecular formula is C13H28Br2Sn. The number of unbranched alkanes of at least 4 members (excludes halogenated alkanes) is 3. The molecule has 0 rings (SSSR count). The third-order valence-corrected chi connectivity index (χ3v) is 30.8. The molecule has 0 bridgehead atoms. The van der Waals surface area contributed by atoms with Crippen LogP contribution in [-0.2, 0) is 0 Å². The summed E-state index contributed by atoms with van der Waals surface area (Å²) in [6.45, 7) is 6.98. The van der Waals surface area contributed by atoms with Crippen LogP contribution in [0.25, 0.3) is 0 Å². The third kappa shape index (κ3) is 6.63. The van der Waals surface area contributed by atoms with Gasteiger partial charge in [-0.05, 0) is 0 Å². The zero-order chi connectivity index (χ0) is 12.4. The van der Waals surface area contributed by atoms with Crippen LogP contribution in [0.3, 0.4) is 0 Å². The maximum atomic E-state index is 3.90. The normalized spacial score (nSPS) is 12.4. The fourth-order valence-corrected chi connectivity index (χ4v) is 24.6. The monoisotopic (exact) mass is 462 g/mol. The van der Waals surface area contributed by atoms with Gasteiger partial charge in [0.2, 0.25) is 0 Å². The Kier molecular flexibility index (Phi) is 11.8. The van der Waals surface area contributed by atoms with Crippen molar-refractivity contribution in [3.05, 3.63) is 0 Å². The summed E-state index contributed by atoms with van der Waals surface area (Å²) >= 11 is 5.88. The fourth-order valence-electron chi connectivity index (χ4n) is 2.29. The molecular weight excluding hydrogens is 435 g/mol. The zero-order valence-corrected chi connectivity index (χ0v) is 17.2. The molecule has 0 aromatic rings. The predicted octanol–water partition coefficient (Wildman–Crippen LogP) is 6.49. The van der Waals surface area contributed by atoms with Crippen molar-refractivity contribution in [2.24, 2.45) is 0 Å². The number of alkyl halides is 2. The van der Waals surface area contributed by atoms with Gasteiger partial charge in [0.05, 0.1) is 0 Å². The average molecular weight is 463 g/mol. The van der Waals surface area contributed by atoms with Crippen LogP contribution in [0.2, 0.25) is 13.3 Å². The first-order valence-electron chi connectivity index (χ1n) is 6.91. The minimum atomic E-state index is -1.92. The summed E-state index contributed by atoms with van der Waals surface area (Å²) in [7, 11) is 0. The van der Waals surface area contributed by atoms with Crippen molar-refractivity contribution in [1.82, 2.24) is 0 Å². The first kappa shape index (κ1) is 17.8. The summed E-state index contributed by atoms with van der Waals surface area (Å²) in [5.74, 6) is 0. The molecule has 0 radical (unpaired) electrons. The standard InChI is InChI=1S/3C4H9.CHBr2.Sn/c3*1-3-4-2;2-1-3;/h3*1,3-4H2,2H3;1H;. The van der Waals surface area contributed by atoms with Crippen LogP contribution in [-0.4, -0.2) is 20.1 Å². The van der Waals surface area contributed by atoms with E-state index in [1.165, 1.54) is 38.5 Å². The SMILES string of the molecule is CCC[CH2][Sn]([CH2]CCC)([CH2]CCC)[CH](Br)Br. The van der Waals surface area contributed by atoms with Crippen molar-refractivity contribution >= 4 is 50.2 Å². The van der Waals surface area contributed by atoms with Crippen molar-refractivity contribution in [1.29, 1.82) is 0 Å². The van der Waals surface area contributed by atoms with Crippen LogP contribution in [0.5, 0.6) is 0 Å². The first-order valence-corrected chi connectivity index (χ1v) is 16.4. The molecule has 0 heterocycles. The van der Waals surface area contributed by atoms with Crippen LogP contribution in [0.15, 0.2) is 0 Å². The van der Waals surface area contributed by atoms with E-state index in [-0.39, 0.29) is 0 Å². The van der Waals surface area contributed by atoms with Crippen LogP contribution in [0.1, 0.15) is 59.3 Å². The molecule has 98 valence electrons. The maximum absolute atomic E-state index is 3.90. The van der Waals surface area contributed by atoms with Gasteiger partial charge in [-0.15, -0.1) is 0 Å². The van der Waals surface area contributed by atoms with Crippen molar-refractivity contribution in [2.75, 3.05) is 0 Å². The van der Waals surface area contributed by atoms with E-state index < -0.39 is 18.4 Å². The summed E-state index contributed by atoms with van der Waals surface area (Å²) in [5, 5.41) is 0. The Labute approximate surface area is 123 Å². The number of rotatable bonds is 10. The van der Waals surface area contributed by atoms with E-state index in [0.717, 1.165) is 0 Å². The van der Waals surface area contributed by atoms with Gasteiger partial charge < -0.3 is 0 Å². The van der Waals surface area contributed by atoms with E-state index in [4.69, 9.17) is 0 Å².